The van der Waals surface area contributed by atoms with Crippen LogP contribution in [0.4, 0.5) is 0 Å². The van der Waals surface area contributed by atoms with Crippen molar-refractivity contribution in [2.45, 2.75) is 37.0 Å². The molecule has 1 aromatic rings. The van der Waals surface area contributed by atoms with Gasteiger partial charge in [-0.15, -0.1) is 0 Å². The fraction of sp³-hybridized carbons (Fsp3) is 0.571. The van der Waals surface area contributed by atoms with Crippen LogP contribution in [0, 0.1) is 6.92 Å². The molecule has 0 amide bonds. The first-order chi connectivity index (χ1) is 9.63. The van der Waals surface area contributed by atoms with Crippen LogP contribution in [0.2, 0.25) is 0 Å². The van der Waals surface area contributed by atoms with Gasteiger partial charge in [0.1, 0.15) is 0 Å². The predicted molar refractivity (Wildman–Crippen MR) is 94.4 cm³/mol. The Kier molecular flexibility index (Phi) is 6.74. The van der Waals surface area contributed by atoms with E-state index in [1.807, 2.05) is 40.1 Å². The molecule has 0 fully saturated rings. The van der Waals surface area contributed by atoms with Crippen LogP contribution in [-0.2, 0) is 16.6 Å². The van der Waals surface area contributed by atoms with E-state index in [4.69, 9.17) is 0 Å². The molecular weight excluding hydrogens is 372 g/mol. The third kappa shape index (κ3) is 5.25. The molecule has 0 radical (unpaired) electrons. The smallest absolute Gasteiger partial charge is 0.241 e. The van der Waals surface area contributed by atoms with Crippen molar-refractivity contribution in [3.8, 4) is 0 Å². The van der Waals surface area contributed by atoms with Crippen LogP contribution in [0.5, 0.6) is 0 Å². The minimum Gasteiger partial charge on any atom is -0.316 e. The molecule has 0 saturated heterocycles. The maximum Gasteiger partial charge on any atom is 0.241 e. The quantitative estimate of drug-likeness (QED) is 0.746. The van der Waals surface area contributed by atoms with Crippen molar-refractivity contribution in [1.29, 1.82) is 0 Å². The van der Waals surface area contributed by atoms with Crippen molar-refractivity contribution in [3.63, 3.8) is 0 Å². The summed E-state index contributed by atoms with van der Waals surface area (Å²) < 4.78 is 28.3. The first kappa shape index (κ1) is 19.0. The summed E-state index contributed by atoms with van der Waals surface area (Å²) >= 11 is 5.03. The normalized spacial score (nSPS) is 12.7. The Labute approximate surface area is 140 Å². The fourth-order valence-electron chi connectivity index (χ4n) is 1.73. The monoisotopic (exact) mass is 394 g/mol. The average molecular weight is 395 g/mol. The topological polar surface area (TPSA) is 58.2 Å². The first-order valence-electron chi connectivity index (χ1n) is 6.61. The standard InChI is InChI=1S/C14H23BrN2O2S2/c1-10-6-11(8-16-4)7-12(13(10)15)21(18,19)17-9-14(2,3)20-5/h6-7,16-17H,8-9H2,1-5H3. The van der Waals surface area contributed by atoms with E-state index in [1.165, 1.54) is 0 Å². The SMILES string of the molecule is CNCc1cc(C)c(Br)c(S(=O)(=O)NCC(C)(C)SC)c1. The van der Waals surface area contributed by atoms with Crippen LogP contribution in [0.15, 0.2) is 21.5 Å². The second kappa shape index (κ2) is 7.46. The van der Waals surface area contributed by atoms with E-state index < -0.39 is 10.0 Å². The van der Waals surface area contributed by atoms with Crippen LogP contribution >= 0.6 is 27.7 Å². The summed E-state index contributed by atoms with van der Waals surface area (Å²) in [5, 5.41) is 3.04. The number of benzene rings is 1. The zero-order valence-electron chi connectivity index (χ0n) is 13.1. The Balaban J connectivity index is 3.13. The van der Waals surface area contributed by atoms with Gasteiger partial charge >= 0.3 is 0 Å². The van der Waals surface area contributed by atoms with Gasteiger partial charge in [0.25, 0.3) is 0 Å². The van der Waals surface area contributed by atoms with E-state index in [1.54, 1.807) is 17.8 Å². The van der Waals surface area contributed by atoms with Gasteiger partial charge in [0.05, 0.1) is 4.90 Å². The van der Waals surface area contributed by atoms with Crippen LogP contribution in [0.25, 0.3) is 0 Å². The lowest BCUT2D eigenvalue weighted by molar-refractivity contribution is 0.570. The highest BCUT2D eigenvalue weighted by molar-refractivity contribution is 9.10. The minimum absolute atomic E-state index is 0.142. The van der Waals surface area contributed by atoms with E-state index in [9.17, 15) is 8.42 Å². The fourth-order valence-corrected chi connectivity index (χ4v) is 4.32. The lowest BCUT2D eigenvalue weighted by Crippen LogP contribution is -2.36. The third-order valence-electron chi connectivity index (χ3n) is 3.19. The van der Waals surface area contributed by atoms with Crippen molar-refractivity contribution in [3.05, 3.63) is 27.7 Å². The Morgan fingerprint density at radius 3 is 2.48 bits per heavy atom. The Hall–Kier alpha value is -0.0800. The molecule has 0 heterocycles. The van der Waals surface area contributed by atoms with Gasteiger partial charge in [0.2, 0.25) is 10.0 Å². The molecule has 0 aliphatic carbocycles. The number of hydrogen-bond acceptors (Lipinski definition) is 4. The zero-order valence-corrected chi connectivity index (χ0v) is 16.3. The summed E-state index contributed by atoms with van der Waals surface area (Å²) in [6.45, 7) is 6.94. The molecule has 0 aliphatic rings. The highest BCUT2D eigenvalue weighted by atomic mass is 79.9. The maximum absolute atomic E-state index is 12.6. The summed E-state index contributed by atoms with van der Waals surface area (Å²) in [6, 6.07) is 3.69. The van der Waals surface area contributed by atoms with Gasteiger partial charge in [0, 0.05) is 22.3 Å². The summed E-state index contributed by atoms with van der Waals surface area (Å²) in [4.78, 5) is 0.296. The maximum atomic E-state index is 12.6. The van der Waals surface area contributed by atoms with Crippen molar-refractivity contribution in [1.82, 2.24) is 10.0 Å². The summed E-state index contributed by atoms with van der Waals surface area (Å²) in [7, 11) is -1.70. The molecule has 0 unspecified atom stereocenters. The van der Waals surface area contributed by atoms with E-state index >= 15 is 0 Å². The summed E-state index contributed by atoms with van der Waals surface area (Å²) in [5.74, 6) is 0. The number of aryl methyl sites for hydroxylation is 1. The van der Waals surface area contributed by atoms with Gasteiger partial charge in [-0.1, -0.05) is 6.07 Å². The minimum atomic E-state index is -3.54. The van der Waals surface area contributed by atoms with Crippen LogP contribution in [0.1, 0.15) is 25.0 Å². The number of hydrogen-bond donors (Lipinski definition) is 2. The van der Waals surface area contributed by atoms with E-state index in [2.05, 4.69) is 26.0 Å². The highest BCUT2D eigenvalue weighted by Gasteiger charge is 2.24. The lowest BCUT2D eigenvalue weighted by Gasteiger charge is -2.22. The van der Waals surface area contributed by atoms with Crippen LogP contribution < -0.4 is 10.0 Å². The highest BCUT2D eigenvalue weighted by Crippen LogP contribution is 2.28. The van der Waals surface area contributed by atoms with Gasteiger partial charge in [0.15, 0.2) is 0 Å². The molecule has 0 bridgehead atoms. The van der Waals surface area contributed by atoms with Gasteiger partial charge in [-0.05, 0) is 67.2 Å². The Bertz CT molecular complexity index is 601. The Morgan fingerprint density at radius 2 is 1.95 bits per heavy atom. The Morgan fingerprint density at radius 1 is 1.33 bits per heavy atom. The summed E-state index contributed by atoms with van der Waals surface area (Å²) in [6.07, 6.45) is 1.97. The van der Waals surface area contributed by atoms with Crippen molar-refractivity contribution < 1.29 is 8.42 Å². The molecule has 0 aromatic heterocycles. The number of thioether (sulfide) groups is 1. The molecule has 1 aromatic carbocycles. The number of nitrogens with one attached hydrogen (secondary N) is 2. The molecule has 0 spiro atoms. The molecular formula is C14H23BrN2O2S2. The molecule has 0 atom stereocenters. The molecule has 120 valence electrons. The molecule has 7 heteroatoms. The lowest BCUT2D eigenvalue weighted by atomic mass is 10.1. The van der Waals surface area contributed by atoms with Crippen molar-refractivity contribution in [2.24, 2.45) is 0 Å². The molecule has 21 heavy (non-hydrogen) atoms. The molecule has 1 rings (SSSR count). The first-order valence-corrected chi connectivity index (χ1v) is 10.1. The number of halogens is 1. The zero-order chi connectivity index (χ0) is 16.3. The van der Waals surface area contributed by atoms with Gasteiger partial charge < -0.3 is 5.32 Å². The largest absolute Gasteiger partial charge is 0.316 e. The van der Waals surface area contributed by atoms with Gasteiger partial charge in [-0.3, -0.25) is 0 Å². The summed E-state index contributed by atoms with van der Waals surface area (Å²) in [5.41, 5.74) is 1.86. The van der Waals surface area contributed by atoms with Crippen LogP contribution in [-0.4, -0.2) is 33.0 Å². The average Bonchev–Trinajstić information content (AvgIpc) is 2.41. The number of sulfonamides is 1. The van der Waals surface area contributed by atoms with Crippen molar-refractivity contribution in [2.75, 3.05) is 19.8 Å². The van der Waals surface area contributed by atoms with Crippen LogP contribution in [0.3, 0.4) is 0 Å². The predicted octanol–water partition coefficient (Wildman–Crippen LogP) is 2.90. The molecule has 0 saturated carbocycles. The van der Waals surface area contributed by atoms with E-state index in [0.29, 0.717) is 22.5 Å². The molecule has 2 N–H and O–H groups in total. The second-order valence-corrected chi connectivity index (χ2v) is 9.59. The number of rotatable bonds is 7. The van der Waals surface area contributed by atoms with E-state index in [-0.39, 0.29) is 4.75 Å². The van der Waals surface area contributed by atoms with Gasteiger partial charge in [-0.2, -0.15) is 11.8 Å². The molecule has 0 aliphatic heterocycles. The second-order valence-electron chi connectivity index (χ2n) is 5.54. The molecule has 4 nitrogen and oxygen atoms in total. The van der Waals surface area contributed by atoms with Crippen molar-refractivity contribution >= 4 is 37.7 Å². The van der Waals surface area contributed by atoms with E-state index in [0.717, 1.165) is 11.1 Å². The van der Waals surface area contributed by atoms with Gasteiger partial charge in [-0.25, -0.2) is 13.1 Å². The third-order valence-corrected chi connectivity index (χ3v) is 7.18.